The summed E-state index contributed by atoms with van der Waals surface area (Å²) in [4.78, 5) is 16.2. The lowest BCUT2D eigenvalue weighted by Gasteiger charge is -2.09. The SMILES string of the molecule is Cc1ccccc1OCCNC(=O)CCc1nc(-c2ccsc2)no1. The maximum absolute atomic E-state index is 11.9. The van der Waals surface area contributed by atoms with E-state index in [4.69, 9.17) is 9.26 Å². The van der Waals surface area contributed by atoms with Crippen molar-refractivity contribution in [2.75, 3.05) is 13.2 Å². The molecule has 0 spiro atoms. The van der Waals surface area contributed by atoms with Crippen molar-refractivity contribution in [3.05, 3.63) is 52.5 Å². The lowest BCUT2D eigenvalue weighted by atomic mass is 10.2. The third-order valence-electron chi connectivity index (χ3n) is 3.59. The number of nitrogens with zero attached hydrogens (tertiary/aromatic N) is 2. The summed E-state index contributed by atoms with van der Waals surface area (Å²) in [5, 5.41) is 10.7. The third-order valence-corrected chi connectivity index (χ3v) is 4.27. The maximum Gasteiger partial charge on any atom is 0.227 e. The molecule has 0 radical (unpaired) electrons. The normalized spacial score (nSPS) is 10.6. The van der Waals surface area contributed by atoms with Crippen molar-refractivity contribution in [1.29, 1.82) is 0 Å². The van der Waals surface area contributed by atoms with Crippen LogP contribution >= 0.6 is 11.3 Å². The molecule has 25 heavy (non-hydrogen) atoms. The van der Waals surface area contributed by atoms with Crippen molar-refractivity contribution in [1.82, 2.24) is 15.5 Å². The zero-order valence-corrected chi connectivity index (χ0v) is 14.7. The third kappa shape index (κ3) is 4.90. The first-order chi connectivity index (χ1) is 12.2. The molecule has 0 saturated heterocycles. The Morgan fingerprint density at radius 2 is 2.20 bits per heavy atom. The highest BCUT2D eigenvalue weighted by molar-refractivity contribution is 7.08. The summed E-state index contributed by atoms with van der Waals surface area (Å²) in [6, 6.07) is 9.72. The number of nitrogens with one attached hydrogen (secondary N) is 1. The second-order valence-electron chi connectivity index (χ2n) is 5.49. The minimum atomic E-state index is -0.0660. The number of carbonyl (C=O) groups excluding carboxylic acids is 1. The van der Waals surface area contributed by atoms with Gasteiger partial charge in [0.25, 0.3) is 0 Å². The van der Waals surface area contributed by atoms with Crippen LogP contribution in [0.1, 0.15) is 17.9 Å². The molecule has 3 rings (SSSR count). The van der Waals surface area contributed by atoms with Crippen LogP contribution in [0.4, 0.5) is 0 Å². The molecule has 0 saturated carbocycles. The quantitative estimate of drug-likeness (QED) is 0.626. The molecule has 0 bridgehead atoms. The van der Waals surface area contributed by atoms with Gasteiger partial charge in [-0.15, -0.1) is 0 Å². The van der Waals surface area contributed by atoms with E-state index in [1.807, 2.05) is 48.0 Å². The van der Waals surface area contributed by atoms with Gasteiger partial charge in [-0.2, -0.15) is 16.3 Å². The molecule has 0 atom stereocenters. The highest BCUT2D eigenvalue weighted by Crippen LogP contribution is 2.19. The summed E-state index contributed by atoms with van der Waals surface area (Å²) >= 11 is 1.57. The Labute approximate surface area is 149 Å². The van der Waals surface area contributed by atoms with Gasteiger partial charge in [-0.3, -0.25) is 4.79 Å². The fraction of sp³-hybridized carbons (Fsp3) is 0.278. The molecular weight excluding hydrogens is 338 g/mol. The number of aryl methyl sites for hydroxylation is 2. The molecule has 130 valence electrons. The number of amides is 1. The van der Waals surface area contributed by atoms with Gasteiger partial charge in [0.05, 0.1) is 6.54 Å². The molecule has 1 amide bonds. The van der Waals surface area contributed by atoms with Crippen molar-refractivity contribution in [3.8, 4) is 17.1 Å². The van der Waals surface area contributed by atoms with E-state index < -0.39 is 0 Å². The van der Waals surface area contributed by atoms with E-state index >= 15 is 0 Å². The molecule has 1 N–H and O–H groups in total. The Hall–Kier alpha value is -2.67. The van der Waals surface area contributed by atoms with Crippen LogP contribution in [0.15, 0.2) is 45.6 Å². The Kier molecular flexibility index (Phi) is 5.79. The first-order valence-electron chi connectivity index (χ1n) is 8.02. The molecule has 1 aromatic carbocycles. The van der Waals surface area contributed by atoms with E-state index in [0.717, 1.165) is 16.9 Å². The number of aromatic nitrogens is 2. The van der Waals surface area contributed by atoms with Crippen molar-refractivity contribution >= 4 is 17.2 Å². The van der Waals surface area contributed by atoms with Gasteiger partial charge < -0.3 is 14.6 Å². The number of hydrogen-bond donors (Lipinski definition) is 1. The molecule has 0 unspecified atom stereocenters. The van der Waals surface area contributed by atoms with Crippen LogP contribution in [0.3, 0.4) is 0 Å². The van der Waals surface area contributed by atoms with E-state index in [1.54, 1.807) is 11.3 Å². The zero-order valence-electron chi connectivity index (χ0n) is 13.9. The average Bonchev–Trinajstić information content (AvgIpc) is 3.29. The standard InChI is InChI=1S/C18H19N3O3S/c1-13-4-2-3-5-15(13)23-10-9-19-16(22)6-7-17-20-18(21-24-17)14-8-11-25-12-14/h2-5,8,11-12H,6-7,9-10H2,1H3,(H,19,22). The van der Waals surface area contributed by atoms with Gasteiger partial charge in [0, 0.05) is 23.8 Å². The van der Waals surface area contributed by atoms with Crippen molar-refractivity contribution < 1.29 is 14.1 Å². The fourth-order valence-corrected chi connectivity index (χ4v) is 2.88. The van der Waals surface area contributed by atoms with Gasteiger partial charge in [-0.25, -0.2) is 0 Å². The van der Waals surface area contributed by atoms with Crippen LogP contribution in [-0.2, 0) is 11.2 Å². The summed E-state index contributed by atoms with van der Waals surface area (Å²) in [6.07, 6.45) is 0.720. The molecule has 0 aliphatic carbocycles. The summed E-state index contributed by atoms with van der Waals surface area (Å²) in [5.74, 6) is 1.79. The number of benzene rings is 1. The van der Waals surface area contributed by atoms with E-state index in [1.165, 1.54) is 0 Å². The maximum atomic E-state index is 11.9. The van der Waals surface area contributed by atoms with E-state index in [-0.39, 0.29) is 5.91 Å². The number of para-hydroxylation sites is 1. The van der Waals surface area contributed by atoms with Crippen molar-refractivity contribution in [3.63, 3.8) is 0 Å². The van der Waals surface area contributed by atoms with Crippen LogP contribution in [0, 0.1) is 6.92 Å². The highest BCUT2D eigenvalue weighted by atomic mass is 32.1. The lowest BCUT2D eigenvalue weighted by molar-refractivity contribution is -0.121. The van der Waals surface area contributed by atoms with E-state index in [2.05, 4.69) is 15.5 Å². The first kappa shape index (κ1) is 17.2. The summed E-state index contributed by atoms with van der Waals surface area (Å²) in [7, 11) is 0. The number of thiophene rings is 1. The minimum absolute atomic E-state index is 0.0660. The molecule has 0 aliphatic heterocycles. The predicted octanol–water partition coefficient (Wildman–Crippen LogP) is 3.23. The Morgan fingerprint density at radius 1 is 1.32 bits per heavy atom. The number of ether oxygens (including phenoxy) is 1. The second-order valence-corrected chi connectivity index (χ2v) is 6.27. The molecule has 2 heterocycles. The van der Waals surface area contributed by atoms with Crippen LogP contribution in [0.2, 0.25) is 0 Å². The highest BCUT2D eigenvalue weighted by Gasteiger charge is 2.10. The summed E-state index contributed by atoms with van der Waals surface area (Å²) in [6.45, 7) is 2.87. The van der Waals surface area contributed by atoms with Crippen LogP contribution in [0.25, 0.3) is 11.4 Å². The Balaban J connectivity index is 1.36. The van der Waals surface area contributed by atoms with Crippen molar-refractivity contribution in [2.24, 2.45) is 0 Å². The minimum Gasteiger partial charge on any atom is -0.491 e. The number of carbonyl (C=O) groups is 1. The number of hydrogen-bond acceptors (Lipinski definition) is 6. The average molecular weight is 357 g/mol. The lowest BCUT2D eigenvalue weighted by Crippen LogP contribution is -2.28. The monoisotopic (exact) mass is 357 g/mol. The smallest absolute Gasteiger partial charge is 0.227 e. The van der Waals surface area contributed by atoms with Crippen molar-refractivity contribution in [2.45, 2.75) is 19.8 Å². The summed E-state index contributed by atoms with van der Waals surface area (Å²) < 4.78 is 10.8. The molecular formula is C18H19N3O3S. The fourth-order valence-electron chi connectivity index (χ4n) is 2.24. The van der Waals surface area contributed by atoms with E-state index in [0.29, 0.717) is 37.7 Å². The molecule has 7 heteroatoms. The summed E-state index contributed by atoms with van der Waals surface area (Å²) in [5.41, 5.74) is 2.00. The number of rotatable bonds is 8. The molecule has 3 aromatic rings. The molecule has 0 fully saturated rings. The molecule has 6 nitrogen and oxygen atoms in total. The van der Waals surface area contributed by atoms with Crippen LogP contribution in [-0.4, -0.2) is 29.2 Å². The van der Waals surface area contributed by atoms with E-state index in [9.17, 15) is 4.79 Å². The predicted molar refractivity (Wildman–Crippen MR) is 95.6 cm³/mol. The topological polar surface area (TPSA) is 77.2 Å². The second kappa shape index (κ2) is 8.43. The molecule has 2 aromatic heterocycles. The van der Waals surface area contributed by atoms with Gasteiger partial charge in [0.1, 0.15) is 12.4 Å². The van der Waals surface area contributed by atoms with Gasteiger partial charge in [-0.1, -0.05) is 23.4 Å². The van der Waals surface area contributed by atoms with Gasteiger partial charge in [0.2, 0.25) is 17.6 Å². The van der Waals surface area contributed by atoms with Gasteiger partial charge in [0.15, 0.2) is 0 Å². The zero-order chi connectivity index (χ0) is 17.5. The molecule has 0 aliphatic rings. The largest absolute Gasteiger partial charge is 0.491 e. The van der Waals surface area contributed by atoms with Gasteiger partial charge in [-0.05, 0) is 30.0 Å². The van der Waals surface area contributed by atoms with Gasteiger partial charge >= 0.3 is 0 Å². The Bertz CT molecular complexity index is 815. The first-order valence-corrected chi connectivity index (χ1v) is 8.97. The van der Waals surface area contributed by atoms with Crippen LogP contribution < -0.4 is 10.1 Å². The Morgan fingerprint density at radius 3 is 3.00 bits per heavy atom. The van der Waals surface area contributed by atoms with Crippen LogP contribution in [0.5, 0.6) is 5.75 Å².